The maximum absolute atomic E-state index is 9.06. The van der Waals surface area contributed by atoms with Gasteiger partial charge in [-0.3, -0.25) is 4.90 Å². The van der Waals surface area contributed by atoms with Crippen LogP contribution in [-0.4, -0.2) is 36.2 Å². The van der Waals surface area contributed by atoms with Crippen LogP contribution >= 0.6 is 0 Å². The van der Waals surface area contributed by atoms with Gasteiger partial charge in [-0.15, -0.1) is 0 Å². The van der Waals surface area contributed by atoms with Crippen molar-refractivity contribution in [3.63, 3.8) is 0 Å². The minimum atomic E-state index is 0.371. The molecular weight excluding hydrogens is 186 g/mol. The molecule has 0 unspecified atom stereocenters. The van der Waals surface area contributed by atoms with Gasteiger partial charge < -0.3 is 5.11 Å². The van der Waals surface area contributed by atoms with Crippen molar-refractivity contribution in [2.24, 2.45) is 5.92 Å². The van der Waals surface area contributed by atoms with Crippen LogP contribution in [0.1, 0.15) is 25.7 Å². The van der Waals surface area contributed by atoms with Crippen LogP contribution < -0.4 is 0 Å². The Balaban J connectivity index is 1.76. The van der Waals surface area contributed by atoms with Gasteiger partial charge in [0.25, 0.3) is 0 Å². The number of hydrogen-bond acceptors (Lipinski definition) is 2. The van der Waals surface area contributed by atoms with Crippen molar-refractivity contribution in [1.82, 2.24) is 4.90 Å². The van der Waals surface area contributed by atoms with Gasteiger partial charge in [0, 0.05) is 13.2 Å². The summed E-state index contributed by atoms with van der Waals surface area (Å²) in [7, 11) is 0. The molecule has 84 valence electrons. The van der Waals surface area contributed by atoms with E-state index in [1.54, 1.807) is 0 Å². The van der Waals surface area contributed by atoms with E-state index in [2.05, 4.69) is 23.1 Å². The van der Waals surface area contributed by atoms with E-state index in [9.17, 15) is 0 Å². The molecule has 15 heavy (non-hydrogen) atoms. The molecule has 2 rings (SSSR count). The number of nitrogens with zero attached hydrogens (tertiary/aromatic N) is 1. The van der Waals surface area contributed by atoms with Crippen molar-refractivity contribution >= 4 is 0 Å². The third-order valence-corrected chi connectivity index (χ3v) is 3.44. The number of hydrogen-bond donors (Lipinski definition) is 1. The highest BCUT2D eigenvalue weighted by Crippen LogP contribution is 2.18. The van der Waals surface area contributed by atoms with E-state index < -0.39 is 0 Å². The Hall–Kier alpha value is -0.600. The lowest BCUT2D eigenvalue weighted by molar-refractivity contribution is 0.138. The van der Waals surface area contributed by atoms with Crippen LogP contribution in [0.3, 0.4) is 0 Å². The zero-order valence-electron chi connectivity index (χ0n) is 9.36. The van der Waals surface area contributed by atoms with Crippen LogP contribution in [0.5, 0.6) is 0 Å². The van der Waals surface area contributed by atoms with Gasteiger partial charge in [-0.1, -0.05) is 18.2 Å². The molecule has 0 atom stereocenters. The van der Waals surface area contributed by atoms with Crippen LogP contribution in [0.15, 0.2) is 23.8 Å². The fraction of sp³-hybridized carbons (Fsp3) is 0.692. The molecule has 1 fully saturated rings. The predicted molar refractivity (Wildman–Crippen MR) is 62.7 cm³/mol. The maximum Gasteiger partial charge on any atom is 0.0460 e. The molecule has 1 heterocycles. The van der Waals surface area contributed by atoms with E-state index in [0.29, 0.717) is 12.5 Å². The van der Waals surface area contributed by atoms with E-state index in [-0.39, 0.29) is 0 Å². The summed E-state index contributed by atoms with van der Waals surface area (Å²) < 4.78 is 0. The zero-order valence-corrected chi connectivity index (χ0v) is 9.36. The monoisotopic (exact) mass is 207 g/mol. The number of allylic oxidation sites excluding steroid dienone is 2. The minimum absolute atomic E-state index is 0.371. The highest BCUT2D eigenvalue weighted by molar-refractivity contribution is 5.23. The number of piperidine rings is 1. The summed E-state index contributed by atoms with van der Waals surface area (Å²) in [5, 5.41) is 9.06. The fourth-order valence-electron chi connectivity index (χ4n) is 2.37. The molecule has 0 amide bonds. The Morgan fingerprint density at radius 1 is 1.27 bits per heavy atom. The Kier molecular flexibility index (Phi) is 3.98. The van der Waals surface area contributed by atoms with Gasteiger partial charge in [0.2, 0.25) is 0 Å². The van der Waals surface area contributed by atoms with Crippen LogP contribution in [0, 0.1) is 5.92 Å². The van der Waals surface area contributed by atoms with Gasteiger partial charge in [0.05, 0.1) is 0 Å². The van der Waals surface area contributed by atoms with Crippen LogP contribution in [0.25, 0.3) is 0 Å². The van der Waals surface area contributed by atoms with Gasteiger partial charge in [0.15, 0.2) is 0 Å². The summed E-state index contributed by atoms with van der Waals surface area (Å²) in [6.45, 7) is 3.78. The number of likely N-dealkylation sites (tertiary alicyclic amines) is 1. The highest BCUT2D eigenvalue weighted by atomic mass is 16.3. The third-order valence-electron chi connectivity index (χ3n) is 3.44. The lowest BCUT2D eigenvalue weighted by Gasteiger charge is -2.31. The second-order valence-corrected chi connectivity index (χ2v) is 4.66. The lowest BCUT2D eigenvalue weighted by Crippen LogP contribution is -2.35. The molecule has 0 aromatic heterocycles. The third kappa shape index (κ3) is 3.18. The first-order chi connectivity index (χ1) is 7.38. The van der Waals surface area contributed by atoms with Crippen molar-refractivity contribution in [2.45, 2.75) is 25.7 Å². The molecule has 0 spiro atoms. The van der Waals surface area contributed by atoms with Crippen molar-refractivity contribution in [3.05, 3.63) is 23.8 Å². The molecule has 1 aliphatic heterocycles. The van der Waals surface area contributed by atoms with Gasteiger partial charge in [-0.05, 0) is 50.3 Å². The first-order valence-electron chi connectivity index (χ1n) is 6.07. The fourth-order valence-corrected chi connectivity index (χ4v) is 2.37. The van der Waals surface area contributed by atoms with Crippen molar-refractivity contribution < 1.29 is 5.11 Å². The summed E-state index contributed by atoms with van der Waals surface area (Å²) in [6, 6.07) is 0. The number of aliphatic hydroxyl groups is 1. The van der Waals surface area contributed by atoms with Gasteiger partial charge in [-0.25, -0.2) is 0 Å². The molecule has 0 aromatic carbocycles. The van der Waals surface area contributed by atoms with Gasteiger partial charge >= 0.3 is 0 Å². The summed E-state index contributed by atoms with van der Waals surface area (Å²) in [5.41, 5.74) is 1.48. The van der Waals surface area contributed by atoms with Crippen molar-refractivity contribution in [1.29, 1.82) is 0 Å². The SMILES string of the molecule is OCC1CCN(CC2=CCCC=C2)CC1. The topological polar surface area (TPSA) is 23.5 Å². The molecule has 2 aliphatic rings. The second kappa shape index (κ2) is 5.47. The molecule has 2 heteroatoms. The van der Waals surface area contributed by atoms with E-state index in [1.807, 2.05) is 0 Å². The smallest absolute Gasteiger partial charge is 0.0460 e. The maximum atomic E-state index is 9.06. The highest BCUT2D eigenvalue weighted by Gasteiger charge is 2.18. The van der Waals surface area contributed by atoms with Crippen LogP contribution in [0.2, 0.25) is 0 Å². The number of aliphatic hydroxyl groups excluding tert-OH is 1. The first-order valence-corrected chi connectivity index (χ1v) is 6.07. The largest absolute Gasteiger partial charge is 0.396 e. The molecule has 1 N–H and O–H groups in total. The second-order valence-electron chi connectivity index (χ2n) is 4.66. The summed E-state index contributed by atoms with van der Waals surface area (Å²) in [5.74, 6) is 0.553. The van der Waals surface area contributed by atoms with Gasteiger partial charge in [0.1, 0.15) is 0 Å². The average molecular weight is 207 g/mol. The predicted octanol–water partition coefficient (Wildman–Crippen LogP) is 1.97. The summed E-state index contributed by atoms with van der Waals surface area (Å²) >= 11 is 0. The normalized spacial score (nSPS) is 24.2. The molecule has 0 radical (unpaired) electrons. The summed E-state index contributed by atoms with van der Waals surface area (Å²) in [4.78, 5) is 2.51. The lowest BCUT2D eigenvalue weighted by atomic mass is 9.97. The average Bonchev–Trinajstić information content (AvgIpc) is 2.31. The molecule has 1 saturated heterocycles. The standard InChI is InChI=1S/C13H21NO/c15-11-13-6-8-14(9-7-13)10-12-4-2-1-3-5-12/h2,4-5,13,15H,1,3,6-11H2. The van der Waals surface area contributed by atoms with Crippen LogP contribution in [0.4, 0.5) is 0 Å². The molecular formula is C13H21NO. The Labute approximate surface area is 92.3 Å². The molecule has 0 bridgehead atoms. The number of rotatable bonds is 3. The zero-order chi connectivity index (χ0) is 10.5. The van der Waals surface area contributed by atoms with Crippen molar-refractivity contribution in [3.8, 4) is 0 Å². The summed E-state index contributed by atoms with van der Waals surface area (Å²) in [6.07, 6.45) is 11.6. The van der Waals surface area contributed by atoms with E-state index >= 15 is 0 Å². The van der Waals surface area contributed by atoms with Gasteiger partial charge in [-0.2, -0.15) is 0 Å². The van der Waals surface area contributed by atoms with E-state index in [0.717, 1.165) is 32.5 Å². The minimum Gasteiger partial charge on any atom is -0.396 e. The molecule has 1 aliphatic carbocycles. The first kappa shape index (κ1) is 10.9. The Morgan fingerprint density at radius 3 is 2.67 bits per heavy atom. The quantitative estimate of drug-likeness (QED) is 0.765. The molecule has 2 nitrogen and oxygen atoms in total. The Bertz CT molecular complexity index is 249. The van der Waals surface area contributed by atoms with Crippen molar-refractivity contribution in [2.75, 3.05) is 26.2 Å². The molecule has 0 saturated carbocycles. The van der Waals surface area contributed by atoms with E-state index in [1.165, 1.54) is 18.4 Å². The Morgan fingerprint density at radius 2 is 2.07 bits per heavy atom. The van der Waals surface area contributed by atoms with Crippen LogP contribution in [-0.2, 0) is 0 Å². The molecule has 0 aromatic rings. The van der Waals surface area contributed by atoms with E-state index in [4.69, 9.17) is 5.11 Å².